The van der Waals surface area contributed by atoms with E-state index in [4.69, 9.17) is 0 Å². The van der Waals surface area contributed by atoms with Gasteiger partial charge in [-0.15, -0.1) is 0 Å². The number of aromatic nitrogens is 3. The molecule has 0 amide bonds. The van der Waals surface area contributed by atoms with Crippen LogP contribution in [0.15, 0.2) is 47.5 Å². The first kappa shape index (κ1) is 14.5. The molecule has 0 saturated carbocycles. The standard InChI is InChI=1S/C18H18N4S/c1-2-7-19-15(3-1)11-22-8-4-16-17(5-9-22)20-13-21-18(16)14-6-10-23-12-14/h1-3,6-7,10,12-13H,4-5,8-9,11H2. The van der Waals surface area contributed by atoms with Crippen LogP contribution in [0.1, 0.15) is 17.0 Å². The molecule has 0 saturated heterocycles. The summed E-state index contributed by atoms with van der Waals surface area (Å²) in [6.07, 6.45) is 5.54. The predicted octanol–water partition coefficient (Wildman–Crippen LogP) is 3.20. The maximum Gasteiger partial charge on any atom is 0.116 e. The van der Waals surface area contributed by atoms with Gasteiger partial charge >= 0.3 is 0 Å². The van der Waals surface area contributed by atoms with E-state index < -0.39 is 0 Å². The summed E-state index contributed by atoms with van der Waals surface area (Å²) >= 11 is 1.71. The van der Waals surface area contributed by atoms with Gasteiger partial charge in [-0.05, 0) is 30.0 Å². The SMILES string of the molecule is c1ccc(CN2CCc3ncnc(-c4ccsc4)c3CC2)nc1. The highest BCUT2D eigenvalue weighted by molar-refractivity contribution is 7.08. The van der Waals surface area contributed by atoms with Crippen LogP contribution >= 0.6 is 11.3 Å². The minimum atomic E-state index is 0.899. The van der Waals surface area contributed by atoms with Crippen LogP contribution in [0.5, 0.6) is 0 Å². The second-order valence-corrected chi connectivity index (χ2v) is 6.54. The third-order valence-electron chi connectivity index (χ3n) is 4.28. The number of rotatable bonds is 3. The molecule has 0 aromatic carbocycles. The highest BCUT2D eigenvalue weighted by Gasteiger charge is 2.19. The first-order chi connectivity index (χ1) is 11.4. The Morgan fingerprint density at radius 3 is 2.83 bits per heavy atom. The van der Waals surface area contributed by atoms with E-state index in [1.54, 1.807) is 17.7 Å². The average molecular weight is 322 g/mol. The van der Waals surface area contributed by atoms with E-state index in [0.717, 1.165) is 43.9 Å². The van der Waals surface area contributed by atoms with E-state index in [-0.39, 0.29) is 0 Å². The zero-order valence-electron chi connectivity index (χ0n) is 12.9. The van der Waals surface area contributed by atoms with Gasteiger partial charge in [-0.1, -0.05) is 6.07 Å². The summed E-state index contributed by atoms with van der Waals surface area (Å²) in [6.45, 7) is 2.94. The predicted molar refractivity (Wildman–Crippen MR) is 92.3 cm³/mol. The summed E-state index contributed by atoms with van der Waals surface area (Å²) in [4.78, 5) is 16.0. The first-order valence-corrected chi connectivity index (χ1v) is 8.82. The van der Waals surface area contributed by atoms with Crippen LogP contribution in [0.3, 0.4) is 0 Å². The molecular formula is C18H18N4S. The Kier molecular flexibility index (Phi) is 4.13. The number of hydrogen-bond donors (Lipinski definition) is 0. The molecule has 0 N–H and O–H groups in total. The topological polar surface area (TPSA) is 41.9 Å². The Hall–Kier alpha value is -2.11. The van der Waals surface area contributed by atoms with Crippen LogP contribution in [0.2, 0.25) is 0 Å². The largest absolute Gasteiger partial charge is 0.297 e. The van der Waals surface area contributed by atoms with Crippen molar-refractivity contribution in [1.29, 1.82) is 0 Å². The van der Waals surface area contributed by atoms with Crippen molar-refractivity contribution in [2.75, 3.05) is 13.1 Å². The summed E-state index contributed by atoms with van der Waals surface area (Å²) in [7, 11) is 0. The van der Waals surface area contributed by atoms with Crippen molar-refractivity contribution in [1.82, 2.24) is 19.9 Å². The van der Waals surface area contributed by atoms with Crippen molar-refractivity contribution in [2.45, 2.75) is 19.4 Å². The van der Waals surface area contributed by atoms with Gasteiger partial charge in [-0.2, -0.15) is 11.3 Å². The Morgan fingerprint density at radius 2 is 2.00 bits per heavy atom. The molecule has 116 valence electrons. The van der Waals surface area contributed by atoms with Crippen molar-refractivity contribution < 1.29 is 0 Å². The van der Waals surface area contributed by atoms with Gasteiger partial charge in [-0.3, -0.25) is 9.88 Å². The molecule has 0 fully saturated rings. The van der Waals surface area contributed by atoms with E-state index in [1.807, 2.05) is 12.3 Å². The molecule has 23 heavy (non-hydrogen) atoms. The number of fused-ring (bicyclic) bond motifs is 1. The third-order valence-corrected chi connectivity index (χ3v) is 4.97. The normalized spacial score (nSPS) is 15.1. The lowest BCUT2D eigenvalue weighted by atomic mass is 10.0. The van der Waals surface area contributed by atoms with E-state index >= 15 is 0 Å². The minimum absolute atomic E-state index is 0.899. The van der Waals surface area contributed by atoms with Gasteiger partial charge in [0, 0.05) is 54.5 Å². The van der Waals surface area contributed by atoms with E-state index in [2.05, 4.69) is 48.8 Å². The molecule has 0 radical (unpaired) electrons. The molecule has 0 unspecified atom stereocenters. The van der Waals surface area contributed by atoms with Crippen LogP contribution in [0.25, 0.3) is 11.3 Å². The first-order valence-electron chi connectivity index (χ1n) is 7.88. The zero-order valence-corrected chi connectivity index (χ0v) is 13.7. The van der Waals surface area contributed by atoms with Crippen LogP contribution in [-0.4, -0.2) is 32.9 Å². The summed E-state index contributed by atoms with van der Waals surface area (Å²) in [5.74, 6) is 0. The smallest absolute Gasteiger partial charge is 0.116 e. The lowest BCUT2D eigenvalue weighted by Crippen LogP contribution is -2.26. The quantitative estimate of drug-likeness (QED) is 0.742. The van der Waals surface area contributed by atoms with Gasteiger partial charge in [-0.25, -0.2) is 9.97 Å². The van der Waals surface area contributed by atoms with Crippen LogP contribution in [0.4, 0.5) is 0 Å². The van der Waals surface area contributed by atoms with Gasteiger partial charge in [0.1, 0.15) is 6.33 Å². The number of pyridine rings is 1. The zero-order chi connectivity index (χ0) is 15.5. The highest BCUT2D eigenvalue weighted by atomic mass is 32.1. The molecule has 5 heteroatoms. The van der Waals surface area contributed by atoms with E-state index in [1.165, 1.54) is 16.8 Å². The molecule has 3 aromatic heterocycles. The second kappa shape index (κ2) is 6.56. The fraction of sp³-hybridized carbons (Fsp3) is 0.278. The Balaban J connectivity index is 1.56. The molecule has 1 aliphatic rings. The fourth-order valence-corrected chi connectivity index (χ4v) is 3.74. The van der Waals surface area contributed by atoms with Crippen molar-refractivity contribution in [3.05, 3.63) is 64.5 Å². The third kappa shape index (κ3) is 3.16. The van der Waals surface area contributed by atoms with Gasteiger partial charge in [0.15, 0.2) is 0 Å². The van der Waals surface area contributed by atoms with Crippen LogP contribution in [-0.2, 0) is 19.4 Å². The molecule has 4 heterocycles. The number of nitrogens with zero attached hydrogens (tertiary/aromatic N) is 4. The molecule has 1 aliphatic heterocycles. The van der Waals surface area contributed by atoms with E-state index in [9.17, 15) is 0 Å². The fourth-order valence-electron chi connectivity index (χ4n) is 3.10. The minimum Gasteiger partial charge on any atom is -0.297 e. The second-order valence-electron chi connectivity index (χ2n) is 5.76. The number of thiophene rings is 1. The van der Waals surface area contributed by atoms with Crippen molar-refractivity contribution in [3.8, 4) is 11.3 Å². The Bertz CT molecular complexity index is 771. The molecule has 4 rings (SSSR count). The molecule has 0 atom stereocenters. The molecule has 0 spiro atoms. The molecule has 3 aromatic rings. The lowest BCUT2D eigenvalue weighted by molar-refractivity contribution is 0.275. The molecule has 0 bridgehead atoms. The van der Waals surface area contributed by atoms with Crippen LogP contribution < -0.4 is 0 Å². The van der Waals surface area contributed by atoms with Crippen molar-refractivity contribution in [3.63, 3.8) is 0 Å². The van der Waals surface area contributed by atoms with E-state index in [0.29, 0.717) is 0 Å². The molecular weight excluding hydrogens is 304 g/mol. The Morgan fingerprint density at radius 1 is 1.04 bits per heavy atom. The van der Waals surface area contributed by atoms with Gasteiger partial charge < -0.3 is 0 Å². The van der Waals surface area contributed by atoms with Crippen molar-refractivity contribution in [2.24, 2.45) is 0 Å². The summed E-state index contributed by atoms with van der Waals surface area (Å²) < 4.78 is 0. The monoisotopic (exact) mass is 322 g/mol. The van der Waals surface area contributed by atoms with Gasteiger partial charge in [0.2, 0.25) is 0 Å². The van der Waals surface area contributed by atoms with Crippen LogP contribution in [0, 0.1) is 0 Å². The average Bonchev–Trinajstić information content (AvgIpc) is 3.05. The summed E-state index contributed by atoms with van der Waals surface area (Å²) in [5, 5.41) is 4.27. The van der Waals surface area contributed by atoms with Gasteiger partial charge in [0.25, 0.3) is 0 Å². The van der Waals surface area contributed by atoms with Crippen molar-refractivity contribution >= 4 is 11.3 Å². The maximum atomic E-state index is 4.55. The summed E-state index contributed by atoms with van der Waals surface area (Å²) in [6, 6.07) is 8.25. The molecule has 0 aliphatic carbocycles. The summed E-state index contributed by atoms with van der Waals surface area (Å²) in [5.41, 5.74) is 5.96. The molecule has 4 nitrogen and oxygen atoms in total. The number of hydrogen-bond acceptors (Lipinski definition) is 5. The highest BCUT2D eigenvalue weighted by Crippen LogP contribution is 2.27. The lowest BCUT2D eigenvalue weighted by Gasteiger charge is -2.18. The Labute approximate surface area is 139 Å². The van der Waals surface area contributed by atoms with Gasteiger partial charge in [0.05, 0.1) is 11.4 Å². The maximum absolute atomic E-state index is 4.55.